The van der Waals surface area contributed by atoms with Gasteiger partial charge in [0.15, 0.2) is 6.29 Å². The van der Waals surface area contributed by atoms with Crippen LogP contribution >= 0.6 is 11.8 Å². The smallest absolute Gasteiger partial charge is 0.335 e. The van der Waals surface area contributed by atoms with Crippen molar-refractivity contribution < 1.29 is 29.3 Å². The zero-order valence-corrected chi connectivity index (χ0v) is 26.4. The van der Waals surface area contributed by atoms with Gasteiger partial charge < -0.3 is 25.0 Å². The summed E-state index contributed by atoms with van der Waals surface area (Å²) >= 11 is 1.62. The SMILES string of the molecule is O=C(O)c1ccc(SC[C@H]2C[C@@H](c3ccc(CO)cc3)O[C@@H](c3cccc(-c4cccc(CNC(=O)c5ccccc5)c4)c3)O2)cc1. The molecule has 0 bridgehead atoms. The Bertz CT molecular complexity index is 1810. The summed E-state index contributed by atoms with van der Waals surface area (Å²) in [6.45, 7) is 0.385. The van der Waals surface area contributed by atoms with E-state index in [-0.39, 0.29) is 30.3 Å². The summed E-state index contributed by atoms with van der Waals surface area (Å²) in [5.41, 5.74) is 6.63. The molecule has 1 heterocycles. The summed E-state index contributed by atoms with van der Waals surface area (Å²) in [6, 6.07) is 40.1. The molecule has 0 saturated carbocycles. The fourth-order valence-corrected chi connectivity index (χ4v) is 6.43. The number of hydrogen-bond acceptors (Lipinski definition) is 6. The van der Waals surface area contributed by atoms with Gasteiger partial charge in [0.25, 0.3) is 5.91 Å². The van der Waals surface area contributed by atoms with E-state index in [1.54, 1.807) is 36.0 Å². The molecule has 1 amide bonds. The van der Waals surface area contributed by atoms with Crippen LogP contribution in [0.3, 0.4) is 0 Å². The highest BCUT2D eigenvalue weighted by atomic mass is 32.2. The molecule has 3 atom stereocenters. The number of carboxylic acids is 1. The maximum atomic E-state index is 12.6. The number of aliphatic hydroxyl groups is 1. The van der Waals surface area contributed by atoms with Crippen LogP contribution in [0.1, 0.15) is 61.8 Å². The Morgan fingerprint density at radius 2 is 1.45 bits per heavy atom. The van der Waals surface area contributed by atoms with E-state index < -0.39 is 12.3 Å². The lowest BCUT2D eigenvalue weighted by molar-refractivity contribution is -0.245. The van der Waals surface area contributed by atoms with Gasteiger partial charge in [-0.1, -0.05) is 78.9 Å². The summed E-state index contributed by atoms with van der Waals surface area (Å²) in [6.07, 6.45) is -0.326. The van der Waals surface area contributed by atoms with Gasteiger partial charge in [0.05, 0.1) is 24.4 Å². The molecule has 1 aliphatic rings. The largest absolute Gasteiger partial charge is 0.478 e. The van der Waals surface area contributed by atoms with Gasteiger partial charge in [0.2, 0.25) is 0 Å². The first-order chi connectivity index (χ1) is 22.9. The van der Waals surface area contributed by atoms with Crippen molar-refractivity contribution in [3.8, 4) is 11.1 Å². The molecule has 6 rings (SSSR count). The predicted molar refractivity (Wildman–Crippen MR) is 182 cm³/mol. The third kappa shape index (κ3) is 8.36. The summed E-state index contributed by atoms with van der Waals surface area (Å²) in [4.78, 5) is 24.8. The molecule has 0 spiro atoms. The van der Waals surface area contributed by atoms with E-state index in [0.29, 0.717) is 24.3 Å². The molecule has 0 aromatic heterocycles. The Labute approximate surface area is 278 Å². The molecule has 8 heteroatoms. The number of aliphatic hydroxyl groups excluding tert-OH is 1. The van der Waals surface area contributed by atoms with Crippen LogP contribution in [-0.2, 0) is 22.6 Å². The second-order valence-electron chi connectivity index (χ2n) is 11.4. The zero-order chi connectivity index (χ0) is 32.6. The summed E-state index contributed by atoms with van der Waals surface area (Å²) in [7, 11) is 0. The second kappa shape index (κ2) is 15.2. The number of amides is 1. The number of hydrogen-bond donors (Lipinski definition) is 3. The lowest BCUT2D eigenvalue weighted by Gasteiger charge is -2.36. The second-order valence-corrected chi connectivity index (χ2v) is 12.5. The molecule has 47 heavy (non-hydrogen) atoms. The van der Waals surface area contributed by atoms with Crippen molar-refractivity contribution in [3.05, 3.63) is 161 Å². The maximum absolute atomic E-state index is 12.6. The average molecular weight is 646 g/mol. The maximum Gasteiger partial charge on any atom is 0.335 e. The standard InChI is InChI=1S/C39H35NO6S/c41-24-26-12-14-28(15-13-26)36-22-34(25-47-35-18-16-30(17-19-35)38(43)44)45-39(46-36)33-11-5-10-32(21-33)31-9-4-6-27(20-31)23-40-37(42)29-7-2-1-3-8-29/h1-21,34,36,39,41H,22-25H2,(H,40,42)(H,43,44)/t34-,36+,39+/m1/s1. The molecule has 0 aliphatic carbocycles. The molecule has 5 aromatic rings. The van der Waals surface area contributed by atoms with Crippen molar-refractivity contribution in [1.82, 2.24) is 5.32 Å². The molecule has 5 aromatic carbocycles. The van der Waals surface area contributed by atoms with E-state index in [2.05, 4.69) is 17.4 Å². The fraction of sp³-hybridized carbons (Fsp3) is 0.179. The summed E-state index contributed by atoms with van der Waals surface area (Å²) in [5, 5.41) is 21.8. The number of carbonyl (C=O) groups is 2. The van der Waals surface area contributed by atoms with Gasteiger partial charge in [-0.3, -0.25) is 4.79 Å². The number of ether oxygens (including phenoxy) is 2. The third-order valence-electron chi connectivity index (χ3n) is 8.06. The predicted octanol–water partition coefficient (Wildman–Crippen LogP) is 7.81. The minimum atomic E-state index is -0.948. The fourth-order valence-electron chi connectivity index (χ4n) is 5.51. The van der Waals surface area contributed by atoms with Gasteiger partial charge in [-0.15, -0.1) is 11.8 Å². The van der Waals surface area contributed by atoms with Crippen LogP contribution < -0.4 is 5.32 Å². The topological polar surface area (TPSA) is 105 Å². The molecule has 1 aliphatic heterocycles. The molecular weight excluding hydrogens is 610 g/mol. The normalized spacial score (nSPS) is 17.6. The molecule has 1 fully saturated rings. The van der Waals surface area contributed by atoms with Crippen LogP contribution in [0, 0.1) is 0 Å². The Morgan fingerprint density at radius 3 is 2.17 bits per heavy atom. The van der Waals surface area contributed by atoms with E-state index in [4.69, 9.17) is 9.47 Å². The van der Waals surface area contributed by atoms with Gasteiger partial charge in [0, 0.05) is 34.7 Å². The first-order valence-corrected chi connectivity index (χ1v) is 16.4. The molecule has 3 N–H and O–H groups in total. The van der Waals surface area contributed by atoms with Gasteiger partial charge in [-0.25, -0.2) is 4.79 Å². The first kappa shape index (κ1) is 32.2. The lowest BCUT2D eigenvalue weighted by atomic mass is 9.99. The van der Waals surface area contributed by atoms with E-state index >= 15 is 0 Å². The van der Waals surface area contributed by atoms with E-state index in [0.717, 1.165) is 38.3 Å². The highest BCUT2D eigenvalue weighted by Crippen LogP contribution is 2.40. The lowest BCUT2D eigenvalue weighted by Crippen LogP contribution is -2.31. The number of thioether (sulfide) groups is 1. The van der Waals surface area contributed by atoms with Gasteiger partial charge in [0.1, 0.15) is 0 Å². The Balaban J connectivity index is 1.19. The van der Waals surface area contributed by atoms with Crippen molar-refractivity contribution in [2.24, 2.45) is 0 Å². The molecule has 1 saturated heterocycles. The van der Waals surface area contributed by atoms with Crippen molar-refractivity contribution in [1.29, 1.82) is 0 Å². The van der Waals surface area contributed by atoms with Crippen LogP contribution in [0.2, 0.25) is 0 Å². The van der Waals surface area contributed by atoms with Crippen LogP contribution in [0.5, 0.6) is 0 Å². The van der Waals surface area contributed by atoms with Crippen molar-refractivity contribution in [2.75, 3.05) is 5.75 Å². The average Bonchev–Trinajstić information content (AvgIpc) is 3.13. The van der Waals surface area contributed by atoms with E-state index in [1.165, 1.54) is 0 Å². The highest BCUT2D eigenvalue weighted by molar-refractivity contribution is 7.99. The number of aromatic carboxylic acids is 1. The number of benzene rings is 5. The van der Waals surface area contributed by atoms with Crippen molar-refractivity contribution in [3.63, 3.8) is 0 Å². The van der Waals surface area contributed by atoms with Crippen molar-refractivity contribution in [2.45, 2.75) is 43.0 Å². The monoisotopic (exact) mass is 645 g/mol. The van der Waals surface area contributed by atoms with Crippen LogP contribution in [0.15, 0.2) is 132 Å². The van der Waals surface area contributed by atoms with Gasteiger partial charge >= 0.3 is 5.97 Å². The van der Waals surface area contributed by atoms with Gasteiger partial charge in [-0.2, -0.15) is 0 Å². The molecule has 7 nitrogen and oxygen atoms in total. The van der Waals surface area contributed by atoms with Crippen LogP contribution in [-0.4, -0.2) is 33.9 Å². The van der Waals surface area contributed by atoms with E-state index in [1.807, 2.05) is 91.0 Å². The Kier molecular flexibility index (Phi) is 10.4. The highest BCUT2D eigenvalue weighted by Gasteiger charge is 2.32. The summed E-state index contributed by atoms with van der Waals surface area (Å²) < 4.78 is 13.1. The van der Waals surface area contributed by atoms with E-state index in [9.17, 15) is 19.8 Å². The third-order valence-corrected chi connectivity index (χ3v) is 9.20. The molecule has 238 valence electrons. The first-order valence-electron chi connectivity index (χ1n) is 15.4. The number of carbonyl (C=O) groups excluding carboxylic acids is 1. The Hall–Kier alpha value is -4.73. The molecule has 0 radical (unpaired) electrons. The quantitative estimate of drug-likeness (QED) is 0.126. The number of nitrogens with one attached hydrogen (secondary N) is 1. The number of rotatable bonds is 11. The minimum absolute atomic E-state index is 0.0230. The van der Waals surface area contributed by atoms with Crippen LogP contribution in [0.4, 0.5) is 0 Å². The zero-order valence-electron chi connectivity index (χ0n) is 25.6. The summed E-state index contributed by atoms with van der Waals surface area (Å²) in [5.74, 6) is -0.403. The molecule has 0 unspecified atom stereocenters. The number of carboxylic acid groups (broad SMARTS) is 1. The minimum Gasteiger partial charge on any atom is -0.478 e. The Morgan fingerprint density at radius 1 is 0.723 bits per heavy atom. The van der Waals surface area contributed by atoms with Crippen LogP contribution in [0.25, 0.3) is 11.1 Å². The van der Waals surface area contributed by atoms with Gasteiger partial charge in [-0.05, 0) is 76.3 Å². The van der Waals surface area contributed by atoms with Crippen molar-refractivity contribution >= 4 is 23.6 Å². The molecular formula is C39H35NO6S.